The number of para-hydroxylation sites is 1. The molecule has 1 aliphatic rings. The molecule has 43 heavy (non-hydrogen) atoms. The maximum absolute atomic E-state index is 13.7. The summed E-state index contributed by atoms with van der Waals surface area (Å²) in [7, 11) is 0. The molecule has 0 bridgehead atoms. The lowest BCUT2D eigenvalue weighted by Crippen LogP contribution is -2.28. The quantitative estimate of drug-likeness (QED) is 0.190. The van der Waals surface area contributed by atoms with Gasteiger partial charge in [0.15, 0.2) is 16.7 Å². The van der Waals surface area contributed by atoms with Crippen molar-refractivity contribution in [3.8, 4) is 5.69 Å². The topological polar surface area (TPSA) is 106 Å². The van der Waals surface area contributed by atoms with E-state index in [4.69, 9.17) is 9.52 Å². The summed E-state index contributed by atoms with van der Waals surface area (Å²) in [5, 5.41) is 18.1. The molecule has 3 heterocycles. The van der Waals surface area contributed by atoms with Crippen LogP contribution in [0.15, 0.2) is 116 Å². The van der Waals surface area contributed by atoms with Crippen LogP contribution in [0.5, 0.6) is 0 Å². The van der Waals surface area contributed by atoms with Crippen molar-refractivity contribution in [1.29, 1.82) is 0 Å². The van der Waals surface area contributed by atoms with Gasteiger partial charge in [-0.25, -0.2) is 9.40 Å². The Morgan fingerprint density at radius 3 is 2.47 bits per heavy atom. The summed E-state index contributed by atoms with van der Waals surface area (Å²) >= 11 is 4.68. The van der Waals surface area contributed by atoms with E-state index in [1.54, 1.807) is 28.8 Å². The smallest absolute Gasteiger partial charge is 0.287 e. The monoisotopic (exact) mass is 658 g/mol. The van der Waals surface area contributed by atoms with E-state index in [0.29, 0.717) is 17.4 Å². The Kier molecular flexibility index (Phi) is 8.47. The summed E-state index contributed by atoms with van der Waals surface area (Å²) in [6, 6.07) is 26.2. The van der Waals surface area contributed by atoms with Crippen LogP contribution in [0.3, 0.4) is 0 Å². The number of aromatic nitrogens is 3. The number of nitrogens with one attached hydrogen (secondary N) is 1. The Morgan fingerprint density at radius 2 is 1.74 bits per heavy atom. The molecule has 2 aromatic heterocycles. The number of carbonyl (C=O) groups is 2. The number of hydrogen-bond donors (Lipinski definition) is 1. The molecule has 6 rings (SSSR count). The van der Waals surface area contributed by atoms with Crippen molar-refractivity contribution in [3.63, 3.8) is 0 Å². The van der Waals surface area contributed by atoms with Crippen LogP contribution < -0.4 is 5.32 Å². The van der Waals surface area contributed by atoms with Crippen LogP contribution in [0.1, 0.15) is 40.0 Å². The molecule has 0 spiro atoms. The molecule has 5 aromatic rings. The Balaban J connectivity index is 1.24. The summed E-state index contributed by atoms with van der Waals surface area (Å²) in [6.07, 6.45) is 1.92. The first kappa shape index (κ1) is 28.6. The Labute approximate surface area is 258 Å². The number of carbonyl (C=O) groups excluding carboxylic acids is 2. The predicted octanol–water partition coefficient (Wildman–Crippen LogP) is 6.16. The third-order valence-electron chi connectivity index (χ3n) is 6.79. The molecule has 0 unspecified atom stereocenters. The number of rotatable bonds is 9. The molecule has 12 heteroatoms. The summed E-state index contributed by atoms with van der Waals surface area (Å²) in [4.78, 5) is 26.1. The van der Waals surface area contributed by atoms with Crippen molar-refractivity contribution in [2.75, 3.05) is 5.75 Å². The molecule has 0 saturated carbocycles. The van der Waals surface area contributed by atoms with Gasteiger partial charge in [-0.2, -0.15) is 5.10 Å². The SMILES string of the molecule is O=C(NCc1nnc(SCC(=O)N2N=C(c3ccc(Br)cc3)C[C@@H]2c2ccc(F)cc2)n1-c1ccccc1)c1ccco1. The number of halogens is 2. The van der Waals surface area contributed by atoms with Crippen LogP contribution >= 0.6 is 27.7 Å². The van der Waals surface area contributed by atoms with Gasteiger partial charge in [0.2, 0.25) is 0 Å². The average molecular weight is 660 g/mol. The van der Waals surface area contributed by atoms with Gasteiger partial charge >= 0.3 is 0 Å². The van der Waals surface area contributed by atoms with Crippen molar-refractivity contribution in [1.82, 2.24) is 25.1 Å². The Bertz CT molecular complexity index is 1760. The zero-order valence-electron chi connectivity index (χ0n) is 22.6. The molecule has 1 N–H and O–H groups in total. The molecule has 3 aromatic carbocycles. The second-order valence-corrected chi connectivity index (χ2v) is 11.4. The minimum absolute atomic E-state index is 0.0263. The number of hydrogen-bond acceptors (Lipinski definition) is 7. The standard InChI is InChI=1S/C31H24BrFN6O3S/c32-22-12-8-20(9-13-22)25-17-26(21-10-14-23(33)15-11-21)39(37-25)29(40)19-43-31-36-35-28(38(31)24-5-2-1-3-6-24)18-34-30(41)27-7-4-16-42-27/h1-16,26H,17-19H2,(H,34,41)/t26-/m1/s1. The highest BCUT2D eigenvalue weighted by Gasteiger charge is 2.33. The van der Waals surface area contributed by atoms with Crippen molar-refractivity contribution in [2.45, 2.75) is 24.2 Å². The van der Waals surface area contributed by atoms with Crippen molar-refractivity contribution >= 4 is 45.2 Å². The number of thioether (sulfide) groups is 1. The maximum atomic E-state index is 13.7. The normalized spacial score (nSPS) is 14.5. The van der Waals surface area contributed by atoms with Crippen molar-refractivity contribution in [2.24, 2.45) is 5.10 Å². The van der Waals surface area contributed by atoms with Gasteiger partial charge in [0.1, 0.15) is 5.82 Å². The maximum Gasteiger partial charge on any atom is 0.287 e. The largest absolute Gasteiger partial charge is 0.459 e. The molecule has 0 aliphatic carbocycles. The average Bonchev–Trinajstić information content (AvgIpc) is 3.80. The third kappa shape index (κ3) is 6.45. The van der Waals surface area contributed by atoms with Gasteiger partial charge in [-0.3, -0.25) is 14.2 Å². The highest BCUT2D eigenvalue weighted by Crippen LogP contribution is 2.34. The minimum atomic E-state index is -0.383. The highest BCUT2D eigenvalue weighted by molar-refractivity contribution is 9.10. The molecule has 1 atom stereocenters. The van der Waals surface area contributed by atoms with Crippen LogP contribution in [0.2, 0.25) is 0 Å². The second-order valence-electron chi connectivity index (χ2n) is 9.58. The number of hydrazone groups is 1. The van der Waals surface area contributed by atoms with E-state index >= 15 is 0 Å². The summed E-state index contributed by atoms with van der Waals surface area (Å²) in [5.41, 5.74) is 3.24. The Hall–Kier alpha value is -4.55. The van der Waals surface area contributed by atoms with Crippen molar-refractivity contribution < 1.29 is 18.4 Å². The van der Waals surface area contributed by atoms with Crippen LogP contribution in [0.25, 0.3) is 5.69 Å². The van der Waals surface area contributed by atoms with Gasteiger partial charge in [-0.15, -0.1) is 10.2 Å². The molecule has 9 nitrogen and oxygen atoms in total. The number of nitrogens with zero attached hydrogens (tertiary/aromatic N) is 5. The predicted molar refractivity (Wildman–Crippen MR) is 163 cm³/mol. The van der Waals surface area contributed by atoms with E-state index in [9.17, 15) is 14.0 Å². The fourth-order valence-electron chi connectivity index (χ4n) is 4.69. The molecule has 0 fully saturated rings. The Morgan fingerprint density at radius 1 is 0.977 bits per heavy atom. The summed E-state index contributed by atoms with van der Waals surface area (Å²) < 4.78 is 21.6. The van der Waals surface area contributed by atoms with Gasteiger partial charge in [-0.1, -0.05) is 70.2 Å². The van der Waals surface area contributed by atoms with E-state index in [1.165, 1.54) is 35.2 Å². The van der Waals surface area contributed by atoms with Gasteiger partial charge in [0, 0.05) is 16.6 Å². The first-order chi connectivity index (χ1) is 21.0. The number of benzene rings is 3. The van der Waals surface area contributed by atoms with Crippen LogP contribution in [0, 0.1) is 5.82 Å². The first-order valence-corrected chi connectivity index (χ1v) is 15.1. The van der Waals surface area contributed by atoms with Crippen LogP contribution in [-0.2, 0) is 11.3 Å². The van der Waals surface area contributed by atoms with Gasteiger partial charge in [0.05, 0.1) is 30.3 Å². The summed E-state index contributed by atoms with van der Waals surface area (Å²) in [6.45, 7) is 0.0928. The lowest BCUT2D eigenvalue weighted by Gasteiger charge is -2.22. The molecule has 0 saturated heterocycles. The lowest BCUT2D eigenvalue weighted by atomic mass is 9.98. The van der Waals surface area contributed by atoms with E-state index in [-0.39, 0.29) is 41.7 Å². The fraction of sp³-hybridized carbons (Fsp3) is 0.129. The molecular weight excluding hydrogens is 635 g/mol. The van der Waals surface area contributed by atoms with Gasteiger partial charge in [0.25, 0.3) is 11.8 Å². The molecular formula is C31H24BrFN6O3S. The molecule has 2 amide bonds. The van der Waals surface area contributed by atoms with Crippen LogP contribution in [-0.4, -0.2) is 43.1 Å². The first-order valence-electron chi connectivity index (χ1n) is 13.3. The fourth-order valence-corrected chi connectivity index (χ4v) is 5.78. The van der Waals surface area contributed by atoms with Crippen molar-refractivity contribution in [3.05, 3.63) is 130 Å². The van der Waals surface area contributed by atoms with E-state index in [0.717, 1.165) is 27.0 Å². The zero-order valence-corrected chi connectivity index (χ0v) is 25.0. The highest BCUT2D eigenvalue weighted by atomic mass is 79.9. The minimum Gasteiger partial charge on any atom is -0.459 e. The van der Waals surface area contributed by atoms with Gasteiger partial charge in [-0.05, 0) is 59.7 Å². The van der Waals surface area contributed by atoms with E-state index in [2.05, 4.69) is 31.4 Å². The lowest BCUT2D eigenvalue weighted by molar-refractivity contribution is -0.130. The third-order valence-corrected chi connectivity index (χ3v) is 8.23. The molecule has 1 aliphatic heterocycles. The molecule has 0 radical (unpaired) electrons. The van der Waals surface area contributed by atoms with Crippen LogP contribution in [0.4, 0.5) is 4.39 Å². The summed E-state index contributed by atoms with van der Waals surface area (Å²) in [5.74, 6) is -0.254. The second kappa shape index (κ2) is 12.8. The number of furan rings is 1. The molecule has 216 valence electrons. The van der Waals surface area contributed by atoms with Gasteiger partial charge < -0.3 is 9.73 Å². The zero-order chi connectivity index (χ0) is 29.8. The van der Waals surface area contributed by atoms with E-state index in [1.807, 2.05) is 54.6 Å². The number of amides is 2. The van der Waals surface area contributed by atoms with E-state index < -0.39 is 0 Å².